The molecule has 3 nitrogen and oxygen atoms in total. The van der Waals surface area contributed by atoms with E-state index in [1.807, 2.05) is 6.92 Å². The Balaban J connectivity index is 2.77. The van der Waals surface area contributed by atoms with Crippen molar-refractivity contribution in [2.45, 2.75) is 6.92 Å². The summed E-state index contributed by atoms with van der Waals surface area (Å²) in [5, 5.41) is 30.1. The lowest BCUT2D eigenvalue weighted by Gasteiger charge is -2.01. The molecule has 0 aliphatic rings. The summed E-state index contributed by atoms with van der Waals surface area (Å²) >= 11 is 1.40. The van der Waals surface area contributed by atoms with Crippen LogP contribution >= 0.6 is 11.3 Å². The zero-order valence-corrected chi connectivity index (χ0v) is 8.38. The number of aryl methyl sites for hydroxylation is 1. The van der Waals surface area contributed by atoms with Gasteiger partial charge in [0.05, 0.1) is 0 Å². The molecular weight excluding hydrogens is 199 g/mol. The normalized spacial score (nSPS) is 10.8. The Morgan fingerprint density at radius 1 is 1.29 bits per heavy atom. The van der Waals surface area contributed by atoms with E-state index >= 15 is 0 Å². The number of phenols is 1. The summed E-state index contributed by atoms with van der Waals surface area (Å²) in [5.74, 6) is 0.235. The van der Waals surface area contributed by atoms with Crippen molar-refractivity contribution in [2.75, 3.05) is 0 Å². The first-order valence-corrected chi connectivity index (χ1v) is 5.05. The van der Waals surface area contributed by atoms with Gasteiger partial charge >= 0.3 is 7.12 Å². The first kappa shape index (κ1) is 9.52. The molecule has 2 aromatic rings. The van der Waals surface area contributed by atoms with Crippen LogP contribution in [-0.2, 0) is 0 Å². The average molecular weight is 208 g/mol. The van der Waals surface area contributed by atoms with Gasteiger partial charge in [-0.1, -0.05) is 6.07 Å². The summed E-state index contributed by atoms with van der Waals surface area (Å²) in [6.45, 7) is 1.81. The van der Waals surface area contributed by atoms with Gasteiger partial charge in [0.1, 0.15) is 5.75 Å². The third-order valence-electron chi connectivity index (χ3n) is 2.27. The molecule has 1 heterocycles. The van der Waals surface area contributed by atoms with Crippen molar-refractivity contribution in [1.29, 1.82) is 0 Å². The maximum atomic E-state index is 9.45. The molecule has 1 aromatic heterocycles. The monoisotopic (exact) mass is 208 g/mol. The van der Waals surface area contributed by atoms with Crippen LogP contribution < -0.4 is 5.46 Å². The fraction of sp³-hybridized carbons (Fsp3) is 0.111. The quantitative estimate of drug-likeness (QED) is 0.601. The molecule has 0 atom stereocenters. The third-order valence-corrected chi connectivity index (χ3v) is 3.40. The van der Waals surface area contributed by atoms with Crippen LogP contribution in [0.3, 0.4) is 0 Å². The molecule has 2 rings (SSSR count). The second-order valence-corrected chi connectivity index (χ2v) is 4.03. The van der Waals surface area contributed by atoms with E-state index < -0.39 is 7.12 Å². The molecule has 0 fully saturated rings. The van der Waals surface area contributed by atoms with Crippen molar-refractivity contribution in [3.05, 3.63) is 23.1 Å². The van der Waals surface area contributed by atoms with Gasteiger partial charge in [-0.25, -0.2) is 0 Å². The standard InChI is InChI=1S/C9H9BO3S/c1-5-8(11)3-2-6-7(10(12)13)4-14-9(5)6/h2-4,11-13H,1H3. The number of hydrogen-bond donors (Lipinski definition) is 3. The molecule has 0 unspecified atom stereocenters. The number of hydrogen-bond acceptors (Lipinski definition) is 4. The van der Waals surface area contributed by atoms with Crippen molar-refractivity contribution in [3.8, 4) is 5.75 Å². The smallest absolute Gasteiger partial charge is 0.489 e. The van der Waals surface area contributed by atoms with Crippen LogP contribution in [0.5, 0.6) is 5.75 Å². The van der Waals surface area contributed by atoms with Gasteiger partial charge in [-0.3, -0.25) is 0 Å². The van der Waals surface area contributed by atoms with E-state index in [2.05, 4.69) is 0 Å². The fourth-order valence-corrected chi connectivity index (χ4v) is 2.53. The fourth-order valence-electron chi connectivity index (χ4n) is 1.45. The molecule has 14 heavy (non-hydrogen) atoms. The highest BCUT2D eigenvalue weighted by atomic mass is 32.1. The largest absolute Gasteiger partial charge is 0.508 e. The van der Waals surface area contributed by atoms with Crippen molar-refractivity contribution >= 4 is 34.0 Å². The van der Waals surface area contributed by atoms with Crippen LogP contribution in [0.15, 0.2) is 17.5 Å². The predicted octanol–water partition coefficient (Wildman–Crippen LogP) is 0.595. The first-order chi connectivity index (χ1) is 6.61. The minimum Gasteiger partial charge on any atom is -0.508 e. The molecular formula is C9H9BO3S. The summed E-state index contributed by atoms with van der Waals surface area (Å²) in [4.78, 5) is 0. The van der Waals surface area contributed by atoms with Crippen LogP contribution in [0.4, 0.5) is 0 Å². The van der Waals surface area contributed by atoms with Crippen LogP contribution in [0, 0.1) is 6.92 Å². The lowest BCUT2D eigenvalue weighted by molar-refractivity contribution is 0.426. The van der Waals surface area contributed by atoms with Crippen LogP contribution in [-0.4, -0.2) is 22.3 Å². The van der Waals surface area contributed by atoms with Crippen molar-refractivity contribution in [2.24, 2.45) is 0 Å². The number of phenolic OH excluding ortho intramolecular Hbond substituents is 1. The number of fused-ring (bicyclic) bond motifs is 1. The van der Waals surface area contributed by atoms with Gasteiger partial charge in [0.25, 0.3) is 0 Å². The van der Waals surface area contributed by atoms with Gasteiger partial charge in [0, 0.05) is 15.7 Å². The maximum Gasteiger partial charge on any atom is 0.489 e. The minimum absolute atomic E-state index is 0.235. The molecule has 0 amide bonds. The van der Waals surface area contributed by atoms with Gasteiger partial charge in [-0.05, 0) is 23.8 Å². The van der Waals surface area contributed by atoms with E-state index in [1.54, 1.807) is 17.5 Å². The lowest BCUT2D eigenvalue weighted by atomic mass is 9.80. The Morgan fingerprint density at radius 3 is 2.64 bits per heavy atom. The van der Waals surface area contributed by atoms with E-state index in [1.165, 1.54) is 11.3 Å². The SMILES string of the molecule is Cc1c(O)ccc2c(B(O)O)csc12. The molecule has 0 aliphatic carbocycles. The highest BCUT2D eigenvalue weighted by molar-refractivity contribution is 7.18. The highest BCUT2D eigenvalue weighted by Gasteiger charge is 2.17. The number of rotatable bonds is 1. The number of benzene rings is 1. The number of thiophene rings is 1. The second-order valence-electron chi connectivity index (χ2n) is 3.15. The zero-order chi connectivity index (χ0) is 10.3. The second kappa shape index (κ2) is 3.27. The van der Waals surface area contributed by atoms with Crippen LogP contribution in [0.2, 0.25) is 0 Å². The maximum absolute atomic E-state index is 9.45. The van der Waals surface area contributed by atoms with Gasteiger partial charge in [-0.15, -0.1) is 11.3 Å². The molecule has 5 heteroatoms. The van der Waals surface area contributed by atoms with Gasteiger partial charge < -0.3 is 15.2 Å². The zero-order valence-electron chi connectivity index (χ0n) is 7.56. The lowest BCUT2D eigenvalue weighted by Crippen LogP contribution is -2.28. The topological polar surface area (TPSA) is 60.7 Å². The molecule has 0 spiro atoms. The molecule has 0 bridgehead atoms. The van der Waals surface area contributed by atoms with Gasteiger partial charge in [0.2, 0.25) is 0 Å². The van der Waals surface area contributed by atoms with Crippen molar-refractivity contribution in [3.63, 3.8) is 0 Å². The molecule has 3 N–H and O–H groups in total. The Kier molecular flexibility index (Phi) is 2.22. The third kappa shape index (κ3) is 1.30. The minimum atomic E-state index is -1.45. The Morgan fingerprint density at radius 2 is 2.00 bits per heavy atom. The summed E-state index contributed by atoms with van der Waals surface area (Å²) in [5.41, 5.74) is 1.27. The summed E-state index contributed by atoms with van der Waals surface area (Å²) in [6, 6.07) is 3.26. The first-order valence-electron chi connectivity index (χ1n) is 4.17. The summed E-state index contributed by atoms with van der Waals surface area (Å²) in [6.07, 6.45) is 0. The van der Waals surface area contributed by atoms with Gasteiger partial charge in [0.15, 0.2) is 0 Å². The molecule has 0 aliphatic heterocycles. The molecule has 0 radical (unpaired) electrons. The Bertz CT molecular complexity index is 478. The molecule has 0 saturated carbocycles. The van der Waals surface area contributed by atoms with Crippen molar-refractivity contribution < 1.29 is 15.2 Å². The van der Waals surface area contributed by atoms with E-state index in [0.717, 1.165) is 15.6 Å². The van der Waals surface area contributed by atoms with Crippen molar-refractivity contribution in [1.82, 2.24) is 0 Å². The molecule has 72 valence electrons. The van der Waals surface area contributed by atoms with Crippen LogP contribution in [0.25, 0.3) is 10.1 Å². The summed E-state index contributed by atoms with van der Waals surface area (Å²) < 4.78 is 0.896. The van der Waals surface area contributed by atoms with E-state index in [4.69, 9.17) is 10.0 Å². The Labute approximate surface area is 85.4 Å². The van der Waals surface area contributed by atoms with Crippen LogP contribution in [0.1, 0.15) is 5.56 Å². The number of aromatic hydroxyl groups is 1. The predicted molar refractivity (Wildman–Crippen MR) is 58.1 cm³/mol. The van der Waals surface area contributed by atoms with Gasteiger partial charge in [-0.2, -0.15) is 0 Å². The summed E-state index contributed by atoms with van der Waals surface area (Å²) in [7, 11) is -1.45. The van der Waals surface area contributed by atoms with E-state index in [0.29, 0.717) is 5.46 Å². The average Bonchev–Trinajstić information content (AvgIpc) is 2.55. The Hall–Kier alpha value is -1.04. The van der Waals surface area contributed by atoms with E-state index in [9.17, 15) is 5.11 Å². The van der Waals surface area contributed by atoms with E-state index in [-0.39, 0.29) is 5.75 Å². The molecule has 0 saturated heterocycles. The highest BCUT2D eigenvalue weighted by Crippen LogP contribution is 2.29. The molecule has 1 aromatic carbocycles.